The number of amides is 1. The first kappa shape index (κ1) is 16.3. The Morgan fingerprint density at radius 1 is 1.09 bits per heavy atom. The third-order valence-electron chi connectivity index (χ3n) is 4.87. The van der Waals surface area contributed by atoms with Crippen LogP contribution in [0.5, 0.6) is 0 Å². The smallest absolute Gasteiger partial charge is 0.272 e. The van der Waals surface area contributed by atoms with Crippen LogP contribution in [0.15, 0.2) is 6.07 Å². The van der Waals surface area contributed by atoms with Gasteiger partial charge in [0.2, 0.25) is 0 Å². The lowest BCUT2D eigenvalue weighted by molar-refractivity contribution is 0.0657. The van der Waals surface area contributed by atoms with E-state index >= 15 is 0 Å². The molecule has 0 N–H and O–H groups in total. The average molecular weight is 317 g/mol. The third kappa shape index (κ3) is 3.87. The predicted molar refractivity (Wildman–Crippen MR) is 89.6 cm³/mol. The Kier molecular flexibility index (Phi) is 4.92. The summed E-state index contributed by atoms with van der Waals surface area (Å²) in [6, 6.07) is 1.83. The molecule has 0 radical (unpaired) electrons. The summed E-state index contributed by atoms with van der Waals surface area (Å²) in [5.41, 5.74) is 1.45. The summed E-state index contributed by atoms with van der Waals surface area (Å²) in [6.45, 7) is 7.48. The Balaban J connectivity index is 1.78. The second kappa shape index (κ2) is 6.93. The zero-order chi connectivity index (χ0) is 16.4. The van der Waals surface area contributed by atoms with Gasteiger partial charge in [0.05, 0.1) is 0 Å². The highest BCUT2D eigenvalue weighted by atomic mass is 16.2. The van der Waals surface area contributed by atoms with Crippen LogP contribution in [0.2, 0.25) is 0 Å². The summed E-state index contributed by atoms with van der Waals surface area (Å²) in [7, 11) is 4.23. The summed E-state index contributed by atoms with van der Waals surface area (Å²) in [5.74, 6) is 1.23. The Hall–Kier alpha value is -1.53. The fourth-order valence-corrected chi connectivity index (χ4v) is 3.43. The van der Waals surface area contributed by atoms with E-state index in [1.807, 2.05) is 17.9 Å². The third-order valence-corrected chi connectivity index (χ3v) is 4.87. The van der Waals surface area contributed by atoms with E-state index < -0.39 is 0 Å². The second-order valence-electron chi connectivity index (χ2n) is 6.95. The van der Waals surface area contributed by atoms with Crippen molar-refractivity contribution < 1.29 is 4.79 Å². The molecule has 1 unspecified atom stereocenters. The molecule has 1 amide bonds. The van der Waals surface area contributed by atoms with Crippen LogP contribution >= 0.6 is 0 Å². The number of piperidine rings is 1. The van der Waals surface area contributed by atoms with Crippen molar-refractivity contribution in [1.29, 1.82) is 0 Å². The fourth-order valence-electron chi connectivity index (χ4n) is 3.43. The molecule has 23 heavy (non-hydrogen) atoms. The topological polar surface area (TPSA) is 52.6 Å². The van der Waals surface area contributed by atoms with Crippen molar-refractivity contribution in [2.45, 2.75) is 25.7 Å². The molecule has 6 nitrogen and oxygen atoms in total. The van der Waals surface area contributed by atoms with E-state index in [4.69, 9.17) is 0 Å². The first-order valence-corrected chi connectivity index (χ1v) is 8.55. The molecule has 1 aromatic rings. The quantitative estimate of drug-likeness (QED) is 0.814. The number of aromatic nitrogens is 2. The van der Waals surface area contributed by atoms with Crippen LogP contribution in [0.25, 0.3) is 0 Å². The molecular weight excluding hydrogens is 290 g/mol. The molecule has 6 heteroatoms. The van der Waals surface area contributed by atoms with Crippen LogP contribution < -0.4 is 0 Å². The Labute approximate surface area is 138 Å². The molecule has 0 aliphatic carbocycles. The number of carbonyl (C=O) groups excluding carboxylic acids is 1. The van der Waals surface area contributed by atoms with Gasteiger partial charge in [0.1, 0.15) is 11.5 Å². The Bertz CT molecular complexity index is 568. The van der Waals surface area contributed by atoms with Gasteiger partial charge in [0.25, 0.3) is 5.91 Å². The van der Waals surface area contributed by atoms with Gasteiger partial charge in [0.15, 0.2) is 0 Å². The molecule has 3 rings (SSSR count). The SMILES string of the molecule is Cc1cc(C(=O)N2CCN(C)CC2)nc(C2CCCN(C)C2)n1. The Morgan fingerprint density at radius 3 is 2.52 bits per heavy atom. The maximum atomic E-state index is 12.8. The largest absolute Gasteiger partial charge is 0.335 e. The molecule has 0 aromatic carbocycles. The number of hydrogen-bond acceptors (Lipinski definition) is 5. The van der Waals surface area contributed by atoms with Gasteiger partial charge in [-0.05, 0) is 46.5 Å². The highest BCUT2D eigenvalue weighted by molar-refractivity contribution is 5.92. The number of aryl methyl sites for hydroxylation is 1. The van der Waals surface area contributed by atoms with Crippen LogP contribution in [0.4, 0.5) is 0 Å². The first-order chi connectivity index (χ1) is 11.0. The number of rotatable bonds is 2. The summed E-state index contributed by atoms with van der Waals surface area (Å²) >= 11 is 0. The lowest BCUT2D eigenvalue weighted by Crippen LogP contribution is -2.47. The van der Waals surface area contributed by atoms with Crippen molar-refractivity contribution in [3.63, 3.8) is 0 Å². The lowest BCUT2D eigenvalue weighted by Gasteiger charge is -2.32. The fraction of sp³-hybridized carbons (Fsp3) is 0.706. The van der Waals surface area contributed by atoms with Crippen LogP contribution in [0.1, 0.15) is 40.8 Å². The molecule has 126 valence electrons. The van der Waals surface area contributed by atoms with E-state index in [-0.39, 0.29) is 5.91 Å². The van der Waals surface area contributed by atoms with E-state index in [1.165, 1.54) is 6.42 Å². The summed E-state index contributed by atoms with van der Waals surface area (Å²) < 4.78 is 0. The molecule has 2 saturated heterocycles. The van der Waals surface area contributed by atoms with Crippen LogP contribution in [-0.2, 0) is 0 Å². The highest BCUT2D eigenvalue weighted by Gasteiger charge is 2.25. The van der Waals surface area contributed by atoms with Crippen LogP contribution in [0.3, 0.4) is 0 Å². The van der Waals surface area contributed by atoms with Crippen molar-refractivity contribution in [3.8, 4) is 0 Å². The van der Waals surface area contributed by atoms with Gasteiger partial charge in [-0.15, -0.1) is 0 Å². The maximum Gasteiger partial charge on any atom is 0.272 e. The van der Waals surface area contributed by atoms with Gasteiger partial charge in [-0.25, -0.2) is 9.97 Å². The minimum Gasteiger partial charge on any atom is -0.335 e. The molecule has 2 aliphatic heterocycles. The molecule has 1 atom stereocenters. The molecular formula is C17H27N5O. The van der Waals surface area contributed by atoms with E-state index in [1.54, 1.807) is 0 Å². The molecule has 2 aliphatic rings. The van der Waals surface area contributed by atoms with Crippen LogP contribution in [0, 0.1) is 6.92 Å². The van der Waals surface area contributed by atoms with Gasteiger partial charge in [-0.2, -0.15) is 0 Å². The van der Waals surface area contributed by atoms with Crippen molar-refractivity contribution >= 4 is 5.91 Å². The average Bonchev–Trinajstić information content (AvgIpc) is 2.54. The number of likely N-dealkylation sites (N-methyl/N-ethyl adjacent to an activating group) is 2. The normalized spacial score (nSPS) is 24.0. The molecule has 0 bridgehead atoms. The molecule has 0 saturated carbocycles. The molecule has 0 spiro atoms. The van der Waals surface area contributed by atoms with E-state index in [9.17, 15) is 4.79 Å². The molecule has 2 fully saturated rings. The van der Waals surface area contributed by atoms with Crippen molar-refractivity contribution in [3.05, 3.63) is 23.3 Å². The minimum absolute atomic E-state index is 0.0500. The first-order valence-electron chi connectivity index (χ1n) is 8.55. The number of hydrogen-bond donors (Lipinski definition) is 0. The standard InChI is InChI=1S/C17H27N5O/c1-13-11-15(17(23)22-9-7-20(2)8-10-22)19-16(18-13)14-5-4-6-21(3)12-14/h11,14H,4-10,12H2,1-3H3. The zero-order valence-corrected chi connectivity index (χ0v) is 14.5. The molecule has 1 aromatic heterocycles. The monoisotopic (exact) mass is 317 g/mol. The zero-order valence-electron chi connectivity index (χ0n) is 14.5. The van der Waals surface area contributed by atoms with Gasteiger partial charge >= 0.3 is 0 Å². The summed E-state index contributed by atoms with van der Waals surface area (Å²) in [4.78, 5) is 28.5. The Morgan fingerprint density at radius 2 is 1.83 bits per heavy atom. The molecule has 3 heterocycles. The predicted octanol–water partition coefficient (Wildman–Crippen LogP) is 0.982. The van der Waals surface area contributed by atoms with Gasteiger partial charge in [-0.3, -0.25) is 4.79 Å². The van der Waals surface area contributed by atoms with Crippen LogP contribution in [-0.4, -0.2) is 83.9 Å². The van der Waals surface area contributed by atoms with Gasteiger partial charge in [0, 0.05) is 44.3 Å². The number of nitrogens with zero attached hydrogens (tertiary/aromatic N) is 5. The number of likely N-dealkylation sites (tertiary alicyclic amines) is 1. The maximum absolute atomic E-state index is 12.8. The number of carbonyl (C=O) groups is 1. The van der Waals surface area contributed by atoms with E-state index in [0.717, 1.165) is 57.2 Å². The van der Waals surface area contributed by atoms with Crippen molar-refractivity contribution in [1.82, 2.24) is 24.7 Å². The lowest BCUT2D eigenvalue weighted by atomic mass is 9.97. The minimum atomic E-state index is 0.0500. The van der Waals surface area contributed by atoms with E-state index in [2.05, 4.69) is 33.9 Å². The van der Waals surface area contributed by atoms with Crippen molar-refractivity contribution in [2.24, 2.45) is 0 Å². The summed E-state index contributed by atoms with van der Waals surface area (Å²) in [5, 5.41) is 0. The van der Waals surface area contributed by atoms with Gasteiger partial charge in [-0.1, -0.05) is 0 Å². The highest BCUT2D eigenvalue weighted by Crippen LogP contribution is 2.24. The van der Waals surface area contributed by atoms with E-state index in [0.29, 0.717) is 11.6 Å². The van der Waals surface area contributed by atoms with Gasteiger partial charge < -0.3 is 14.7 Å². The summed E-state index contributed by atoms with van der Waals surface area (Å²) in [6.07, 6.45) is 2.27. The van der Waals surface area contributed by atoms with Crippen molar-refractivity contribution in [2.75, 3.05) is 53.4 Å². The second-order valence-corrected chi connectivity index (χ2v) is 6.95. The number of piperazine rings is 1.